The maximum atomic E-state index is 5.89. The largest absolute Gasteiger partial charge is 0.261 e. The number of nitrogens with zero attached hydrogens (tertiary/aromatic N) is 1. The second-order valence-electron chi connectivity index (χ2n) is 4.42. The quantitative estimate of drug-likeness (QED) is 0.782. The lowest BCUT2D eigenvalue weighted by molar-refractivity contribution is 0.736. The van der Waals surface area contributed by atoms with Gasteiger partial charge in [-0.3, -0.25) is 4.98 Å². The Morgan fingerprint density at radius 2 is 1.88 bits per heavy atom. The van der Waals surface area contributed by atoms with Crippen molar-refractivity contribution in [2.75, 3.05) is 0 Å². The molecule has 1 aromatic heterocycles. The Bertz CT molecular complexity index is 491. The van der Waals surface area contributed by atoms with Gasteiger partial charge in [0.25, 0.3) is 0 Å². The molecule has 1 aromatic carbocycles. The predicted molar refractivity (Wildman–Crippen MR) is 72.5 cm³/mol. The molecule has 0 radical (unpaired) electrons. The minimum Gasteiger partial charge on any atom is -0.261 e. The van der Waals surface area contributed by atoms with Crippen LogP contribution < -0.4 is 0 Å². The second-order valence-corrected chi connectivity index (χ2v) is 4.86. The summed E-state index contributed by atoms with van der Waals surface area (Å²) in [6.45, 7) is 4.33. The number of hydrogen-bond donors (Lipinski definition) is 0. The number of rotatable bonds is 3. The number of hydrogen-bond acceptors (Lipinski definition) is 1. The molecule has 1 unspecified atom stereocenters. The minimum atomic E-state index is 0.459. The van der Waals surface area contributed by atoms with Gasteiger partial charge in [0.05, 0.1) is 0 Å². The van der Waals surface area contributed by atoms with Crippen LogP contribution in [0.4, 0.5) is 0 Å². The molecule has 2 heteroatoms. The van der Waals surface area contributed by atoms with E-state index in [0.717, 1.165) is 11.4 Å². The van der Waals surface area contributed by atoms with Gasteiger partial charge in [-0.15, -0.1) is 0 Å². The smallest absolute Gasteiger partial charge is 0.0438 e. The minimum absolute atomic E-state index is 0.459. The third kappa shape index (κ3) is 3.07. The van der Waals surface area contributed by atoms with Gasteiger partial charge in [0.2, 0.25) is 0 Å². The van der Waals surface area contributed by atoms with E-state index in [2.05, 4.69) is 37.0 Å². The van der Waals surface area contributed by atoms with Crippen LogP contribution in [0.1, 0.15) is 29.7 Å². The second kappa shape index (κ2) is 5.33. The van der Waals surface area contributed by atoms with Crippen molar-refractivity contribution in [1.29, 1.82) is 0 Å². The van der Waals surface area contributed by atoms with Crippen molar-refractivity contribution in [2.24, 2.45) is 0 Å². The maximum Gasteiger partial charge on any atom is 0.0438 e. The first-order chi connectivity index (χ1) is 8.16. The molecule has 0 aliphatic carbocycles. The molecule has 1 nitrogen and oxygen atoms in total. The van der Waals surface area contributed by atoms with Crippen LogP contribution in [0, 0.1) is 6.92 Å². The van der Waals surface area contributed by atoms with E-state index in [-0.39, 0.29) is 0 Å². The molecular formula is C15H16ClN. The molecule has 1 atom stereocenters. The lowest BCUT2D eigenvalue weighted by Crippen LogP contribution is -2.02. The van der Waals surface area contributed by atoms with Gasteiger partial charge < -0.3 is 0 Å². The normalized spacial score (nSPS) is 12.4. The van der Waals surface area contributed by atoms with E-state index >= 15 is 0 Å². The molecule has 2 rings (SSSR count). The van der Waals surface area contributed by atoms with Crippen molar-refractivity contribution in [1.82, 2.24) is 4.98 Å². The van der Waals surface area contributed by atoms with Crippen LogP contribution in [-0.4, -0.2) is 4.98 Å². The average molecular weight is 246 g/mol. The van der Waals surface area contributed by atoms with Crippen LogP contribution in [0.2, 0.25) is 5.02 Å². The van der Waals surface area contributed by atoms with E-state index in [0.29, 0.717) is 5.92 Å². The fourth-order valence-electron chi connectivity index (χ4n) is 1.93. The number of halogens is 1. The number of aromatic nitrogens is 1. The maximum absolute atomic E-state index is 5.89. The predicted octanol–water partition coefficient (Wildman–Crippen LogP) is 4.39. The van der Waals surface area contributed by atoms with Gasteiger partial charge in [0.1, 0.15) is 0 Å². The first-order valence-corrected chi connectivity index (χ1v) is 6.20. The summed E-state index contributed by atoms with van der Waals surface area (Å²) >= 11 is 5.89. The van der Waals surface area contributed by atoms with E-state index < -0.39 is 0 Å². The number of aryl methyl sites for hydroxylation is 1. The first kappa shape index (κ1) is 12.1. The molecule has 0 saturated carbocycles. The van der Waals surface area contributed by atoms with Gasteiger partial charge >= 0.3 is 0 Å². The third-order valence-electron chi connectivity index (χ3n) is 3.06. The molecule has 0 aliphatic rings. The molecule has 0 spiro atoms. The van der Waals surface area contributed by atoms with Gasteiger partial charge in [0.15, 0.2) is 0 Å². The molecule has 0 saturated heterocycles. The summed E-state index contributed by atoms with van der Waals surface area (Å²) < 4.78 is 0. The van der Waals surface area contributed by atoms with E-state index in [1.165, 1.54) is 16.8 Å². The highest BCUT2D eigenvalue weighted by atomic mass is 35.5. The molecule has 0 N–H and O–H groups in total. The Morgan fingerprint density at radius 1 is 1.18 bits per heavy atom. The van der Waals surface area contributed by atoms with Crippen LogP contribution in [0.3, 0.4) is 0 Å². The highest BCUT2D eigenvalue weighted by Gasteiger charge is 2.08. The molecule has 0 bridgehead atoms. The fourth-order valence-corrected chi connectivity index (χ4v) is 2.06. The first-order valence-electron chi connectivity index (χ1n) is 5.83. The van der Waals surface area contributed by atoms with Crippen molar-refractivity contribution >= 4 is 11.6 Å². The molecular weight excluding hydrogens is 230 g/mol. The van der Waals surface area contributed by atoms with E-state index in [4.69, 9.17) is 11.6 Å². The van der Waals surface area contributed by atoms with Gasteiger partial charge in [-0.05, 0) is 48.6 Å². The highest BCUT2D eigenvalue weighted by Crippen LogP contribution is 2.22. The lowest BCUT2D eigenvalue weighted by Gasteiger charge is -2.12. The Morgan fingerprint density at radius 3 is 2.53 bits per heavy atom. The van der Waals surface area contributed by atoms with E-state index in [1.54, 1.807) is 0 Å². The van der Waals surface area contributed by atoms with Crippen LogP contribution in [0.25, 0.3) is 0 Å². The standard InChI is InChI=1S/C15H16ClN/c1-11-4-3-9-17-15(11)10-12(2)13-5-7-14(16)8-6-13/h3-9,12H,10H2,1-2H3. The summed E-state index contributed by atoms with van der Waals surface area (Å²) in [7, 11) is 0. The Balaban J connectivity index is 2.14. The molecule has 0 aliphatic heterocycles. The van der Waals surface area contributed by atoms with Gasteiger partial charge in [-0.1, -0.05) is 36.7 Å². The summed E-state index contributed by atoms with van der Waals surface area (Å²) in [4.78, 5) is 4.44. The molecule has 88 valence electrons. The Labute approximate surface area is 107 Å². The summed E-state index contributed by atoms with van der Waals surface area (Å²) in [6, 6.07) is 12.1. The summed E-state index contributed by atoms with van der Waals surface area (Å²) in [5.41, 5.74) is 3.74. The highest BCUT2D eigenvalue weighted by molar-refractivity contribution is 6.30. The molecule has 17 heavy (non-hydrogen) atoms. The fraction of sp³-hybridized carbons (Fsp3) is 0.267. The van der Waals surface area contributed by atoms with Crippen LogP contribution in [0.5, 0.6) is 0 Å². The molecule has 1 heterocycles. The Kier molecular flexibility index (Phi) is 3.80. The monoisotopic (exact) mass is 245 g/mol. The summed E-state index contributed by atoms with van der Waals surface area (Å²) in [5.74, 6) is 0.459. The topological polar surface area (TPSA) is 12.9 Å². The van der Waals surface area contributed by atoms with Crippen LogP contribution in [-0.2, 0) is 6.42 Å². The third-order valence-corrected chi connectivity index (χ3v) is 3.31. The zero-order chi connectivity index (χ0) is 12.3. The average Bonchev–Trinajstić information content (AvgIpc) is 2.33. The summed E-state index contributed by atoms with van der Waals surface area (Å²) in [5, 5.41) is 0.787. The van der Waals surface area contributed by atoms with Gasteiger partial charge in [-0.25, -0.2) is 0 Å². The van der Waals surface area contributed by atoms with E-state index in [9.17, 15) is 0 Å². The zero-order valence-electron chi connectivity index (χ0n) is 10.2. The molecule has 2 aromatic rings. The SMILES string of the molecule is Cc1cccnc1CC(C)c1ccc(Cl)cc1. The number of benzene rings is 1. The molecule has 0 fully saturated rings. The van der Waals surface area contributed by atoms with Gasteiger partial charge in [0, 0.05) is 16.9 Å². The number of pyridine rings is 1. The van der Waals surface area contributed by atoms with Crippen molar-refractivity contribution < 1.29 is 0 Å². The van der Waals surface area contributed by atoms with Gasteiger partial charge in [-0.2, -0.15) is 0 Å². The van der Waals surface area contributed by atoms with Crippen LogP contribution >= 0.6 is 11.6 Å². The lowest BCUT2D eigenvalue weighted by atomic mass is 9.95. The summed E-state index contributed by atoms with van der Waals surface area (Å²) in [6.07, 6.45) is 2.82. The zero-order valence-corrected chi connectivity index (χ0v) is 10.9. The van der Waals surface area contributed by atoms with Crippen molar-refractivity contribution in [2.45, 2.75) is 26.2 Å². The van der Waals surface area contributed by atoms with Crippen LogP contribution in [0.15, 0.2) is 42.6 Å². The van der Waals surface area contributed by atoms with E-state index in [1.807, 2.05) is 24.4 Å². The van der Waals surface area contributed by atoms with Crippen molar-refractivity contribution in [3.8, 4) is 0 Å². The van der Waals surface area contributed by atoms with Crippen molar-refractivity contribution in [3.05, 3.63) is 64.4 Å². The Hall–Kier alpha value is -1.34. The molecule has 0 amide bonds. The van der Waals surface area contributed by atoms with Crippen molar-refractivity contribution in [3.63, 3.8) is 0 Å².